The highest BCUT2D eigenvalue weighted by molar-refractivity contribution is 5.91. The fourth-order valence-electron chi connectivity index (χ4n) is 3.79. The van der Waals surface area contributed by atoms with Crippen LogP contribution >= 0.6 is 0 Å². The zero-order chi connectivity index (χ0) is 27.9. The van der Waals surface area contributed by atoms with Gasteiger partial charge < -0.3 is 20.2 Å². The number of rotatable bonds is 3. The normalized spacial score (nSPS) is 13.7. The van der Waals surface area contributed by atoms with E-state index in [0.717, 1.165) is 30.5 Å². The number of carboxylic acids is 1. The van der Waals surface area contributed by atoms with E-state index in [1.807, 2.05) is 12.1 Å². The second-order valence-corrected chi connectivity index (χ2v) is 8.36. The Morgan fingerprint density at radius 2 is 1.71 bits per heavy atom. The van der Waals surface area contributed by atoms with Crippen molar-refractivity contribution in [1.29, 1.82) is 0 Å². The van der Waals surface area contributed by atoms with E-state index in [0.29, 0.717) is 25.6 Å². The molecule has 1 amide bonds. The Bertz CT molecular complexity index is 1350. The summed E-state index contributed by atoms with van der Waals surface area (Å²) in [5, 5.41) is 7.12. The van der Waals surface area contributed by atoms with Crippen molar-refractivity contribution in [2.24, 2.45) is 5.73 Å². The van der Waals surface area contributed by atoms with Gasteiger partial charge in [0.1, 0.15) is 11.6 Å². The monoisotopic (exact) mass is 534 g/mol. The van der Waals surface area contributed by atoms with Gasteiger partial charge >= 0.3 is 12.1 Å². The molecule has 4 rings (SSSR count). The Labute approximate surface area is 214 Å². The van der Waals surface area contributed by atoms with Crippen molar-refractivity contribution in [1.82, 2.24) is 4.90 Å². The average Bonchev–Trinajstić information content (AvgIpc) is 3.37. The van der Waals surface area contributed by atoms with E-state index in [9.17, 15) is 26.7 Å². The standard InChI is InChI=1S/C25H22F2N2O2.C2HF3O2/c26-21-6-4-19(23(27)15-21)5-7-22-8-9-24(31-22)25(30)29-12-10-18(11-13-29)20-3-1-2-17(14-20)16-28;3-2(4,5)1(6)7/h1-4,6,8-9,14-15,18H,10-13,16,28H2;(H,6,7). The van der Waals surface area contributed by atoms with E-state index in [1.54, 1.807) is 17.0 Å². The number of carbonyl (C=O) groups is 2. The van der Waals surface area contributed by atoms with Crippen LogP contribution in [-0.4, -0.2) is 41.1 Å². The lowest BCUT2D eigenvalue weighted by Gasteiger charge is -2.31. The van der Waals surface area contributed by atoms with Gasteiger partial charge in [-0.05, 0) is 60.1 Å². The minimum atomic E-state index is -5.08. The molecule has 1 aliphatic heterocycles. The Morgan fingerprint density at radius 1 is 1.03 bits per heavy atom. The Balaban J connectivity index is 0.000000505. The number of amides is 1. The number of alkyl halides is 3. The van der Waals surface area contributed by atoms with Crippen LogP contribution < -0.4 is 5.73 Å². The van der Waals surface area contributed by atoms with Gasteiger partial charge in [-0.1, -0.05) is 30.2 Å². The van der Waals surface area contributed by atoms with E-state index < -0.39 is 23.8 Å². The largest absolute Gasteiger partial charge is 0.490 e. The second kappa shape index (κ2) is 12.4. The van der Waals surface area contributed by atoms with E-state index in [-0.39, 0.29) is 23.0 Å². The van der Waals surface area contributed by atoms with E-state index in [2.05, 4.69) is 24.0 Å². The molecular weight excluding hydrogens is 511 g/mol. The number of aliphatic carboxylic acids is 1. The quantitative estimate of drug-likeness (QED) is 0.361. The maximum Gasteiger partial charge on any atom is 0.490 e. The smallest absolute Gasteiger partial charge is 0.475 e. The molecule has 3 N–H and O–H groups in total. The number of furan rings is 1. The topological polar surface area (TPSA) is 96.8 Å². The highest BCUT2D eigenvalue weighted by Crippen LogP contribution is 2.29. The lowest BCUT2D eigenvalue weighted by atomic mass is 9.88. The first kappa shape index (κ1) is 28.4. The van der Waals surface area contributed by atoms with Crippen molar-refractivity contribution in [2.45, 2.75) is 31.5 Å². The molecule has 2 aromatic carbocycles. The number of halogens is 5. The minimum Gasteiger partial charge on any atom is -0.475 e. The lowest BCUT2D eigenvalue weighted by molar-refractivity contribution is -0.192. The summed E-state index contributed by atoms with van der Waals surface area (Å²) in [6, 6.07) is 14.6. The molecule has 0 atom stereocenters. The summed E-state index contributed by atoms with van der Waals surface area (Å²) in [5.74, 6) is 1.79. The zero-order valence-corrected chi connectivity index (χ0v) is 19.9. The van der Waals surface area contributed by atoms with Gasteiger partial charge in [-0.2, -0.15) is 13.2 Å². The molecule has 3 aromatic rings. The molecular formula is C27H23F5N2O4. The number of benzene rings is 2. The third kappa shape index (κ3) is 7.66. The van der Waals surface area contributed by atoms with Crippen LogP contribution in [0.2, 0.25) is 0 Å². The molecule has 200 valence electrons. The van der Waals surface area contributed by atoms with Crippen molar-refractivity contribution in [3.05, 3.63) is 94.4 Å². The fraction of sp³-hybridized carbons (Fsp3) is 0.259. The molecule has 6 nitrogen and oxygen atoms in total. The van der Waals surface area contributed by atoms with Crippen LogP contribution in [0.4, 0.5) is 22.0 Å². The molecule has 2 heterocycles. The maximum atomic E-state index is 13.7. The van der Waals surface area contributed by atoms with Gasteiger partial charge in [0.2, 0.25) is 0 Å². The molecule has 0 aliphatic carbocycles. The molecule has 38 heavy (non-hydrogen) atoms. The average molecular weight is 534 g/mol. The van der Waals surface area contributed by atoms with Gasteiger partial charge in [0.25, 0.3) is 5.91 Å². The van der Waals surface area contributed by atoms with Crippen LogP contribution in [0.25, 0.3) is 0 Å². The Morgan fingerprint density at radius 3 is 2.32 bits per heavy atom. The van der Waals surface area contributed by atoms with Crippen molar-refractivity contribution in [3.8, 4) is 11.8 Å². The molecule has 0 radical (unpaired) electrons. The van der Waals surface area contributed by atoms with Gasteiger partial charge in [-0.3, -0.25) is 4.79 Å². The molecule has 0 unspecified atom stereocenters. The van der Waals surface area contributed by atoms with Crippen LogP contribution in [0.5, 0.6) is 0 Å². The van der Waals surface area contributed by atoms with E-state index in [1.165, 1.54) is 11.6 Å². The predicted molar refractivity (Wildman–Crippen MR) is 127 cm³/mol. The summed E-state index contributed by atoms with van der Waals surface area (Å²) in [7, 11) is 0. The van der Waals surface area contributed by atoms with Crippen LogP contribution in [0.3, 0.4) is 0 Å². The van der Waals surface area contributed by atoms with Gasteiger partial charge in [0.05, 0.1) is 5.56 Å². The third-order valence-corrected chi connectivity index (χ3v) is 5.75. The van der Waals surface area contributed by atoms with Crippen LogP contribution in [0.1, 0.15) is 51.8 Å². The number of likely N-dealkylation sites (tertiary alicyclic amines) is 1. The minimum absolute atomic E-state index is 0.0615. The molecule has 0 spiro atoms. The highest BCUT2D eigenvalue weighted by Gasteiger charge is 2.38. The highest BCUT2D eigenvalue weighted by atomic mass is 19.4. The van der Waals surface area contributed by atoms with Gasteiger partial charge in [-0.15, -0.1) is 0 Å². The third-order valence-electron chi connectivity index (χ3n) is 5.75. The maximum absolute atomic E-state index is 13.7. The summed E-state index contributed by atoms with van der Waals surface area (Å²) in [6.45, 7) is 1.79. The summed E-state index contributed by atoms with van der Waals surface area (Å²) in [4.78, 5) is 23.5. The Hall–Kier alpha value is -4.17. The molecule has 11 heteroatoms. The SMILES string of the molecule is NCc1cccc(C2CCN(C(=O)c3ccc(C#Cc4ccc(F)cc4F)o3)CC2)c1.O=C(O)C(F)(F)F. The summed E-state index contributed by atoms with van der Waals surface area (Å²) < 4.78 is 64.0. The van der Waals surface area contributed by atoms with Crippen LogP contribution in [-0.2, 0) is 11.3 Å². The van der Waals surface area contributed by atoms with Crippen molar-refractivity contribution < 1.29 is 41.1 Å². The summed E-state index contributed by atoms with van der Waals surface area (Å²) in [5.41, 5.74) is 8.17. The van der Waals surface area contributed by atoms with Gasteiger partial charge in [0.15, 0.2) is 11.5 Å². The number of carbonyl (C=O) groups excluding carboxylic acids is 1. The van der Waals surface area contributed by atoms with E-state index in [4.69, 9.17) is 20.1 Å². The number of nitrogens with zero attached hydrogens (tertiary/aromatic N) is 1. The van der Waals surface area contributed by atoms with E-state index >= 15 is 0 Å². The van der Waals surface area contributed by atoms with Crippen molar-refractivity contribution >= 4 is 11.9 Å². The summed E-state index contributed by atoms with van der Waals surface area (Å²) >= 11 is 0. The number of nitrogens with two attached hydrogens (primary N) is 1. The molecule has 1 aliphatic rings. The zero-order valence-electron chi connectivity index (χ0n) is 19.9. The van der Waals surface area contributed by atoms with Crippen LogP contribution in [0, 0.1) is 23.5 Å². The first-order chi connectivity index (χ1) is 18.0. The van der Waals surface area contributed by atoms with Gasteiger partial charge in [-0.25, -0.2) is 13.6 Å². The van der Waals surface area contributed by atoms with Crippen LogP contribution in [0.15, 0.2) is 59.0 Å². The number of piperidine rings is 1. The number of hydrogen-bond donors (Lipinski definition) is 2. The molecule has 1 aromatic heterocycles. The Kier molecular flexibility index (Phi) is 9.25. The van der Waals surface area contributed by atoms with Gasteiger partial charge in [0, 0.05) is 25.7 Å². The fourth-order valence-corrected chi connectivity index (χ4v) is 3.79. The molecule has 0 saturated carbocycles. The van der Waals surface area contributed by atoms with Crippen molar-refractivity contribution in [3.63, 3.8) is 0 Å². The summed E-state index contributed by atoms with van der Waals surface area (Å²) in [6.07, 6.45) is -3.34. The number of hydrogen-bond acceptors (Lipinski definition) is 4. The first-order valence-electron chi connectivity index (χ1n) is 11.4. The molecule has 1 fully saturated rings. The van der Waals surface area contributed by atoms with Crippen molar-refractivity contribution in [2.75, 3.05) is 13.1 Å². The molecule has 1 saturated heterocycles. The second-order valence-electron chi connectivity index (χ2n) is 8.36. The molecule has 0 bridgehead atoms. The first-order valence-corrected chi connectivity index (χ1v) is 11.4. The number of carboxylic acid groups (broad SMARTS) is 1. The lowest BCUT2D eigenvalue weighted by Crippen LogP contribution is -2.37. The predicted octanol–water partition coefficient (Wildman–Crippen LogP) is 5.07.